The van der Waals surface area contributed by atoms with Crippen molar-refractivity contribution >= 4 is 0 Å². The first kappa shape index (κ1) is 16.1. The summed E-state index contributed by atoms with van der Waals surface area (Å²) in [6, 6.07) is 5.95. The molecule has 1 saturated carbocycles. The molecule has 1 aliphatic carbocycles. The topological polar surface area (TPSA) is 50.7 Å². The van der Waals surface area contributed by atoms with E-state index < -0.39 is 5.60 Å². The van der Waals surface area contributed by atoms with E-state index in [0.29, 0.717) is 13.2 Å². The van der Waals surface area contributed by atoms with Crippen LogP contribution in [0.5, 0.6) is 11.5 Å². The van der Waals surface area contributed by atoms with Gasteiger partial charge < -0.3 is 19.9 Å². The molecular weight excluding hydrogens is 266 g/mol. The Hall–Kier alpha value is -1.26. The second-order valence-corrected chi connectivity index (χ2v) is 5.68. The average molecular weight is 293 g/mol. The Kier molecular flexibility index (Phi) is 5.88. The van der Waals surface area contributed by atoms with Crippen molar-refractivity contribution < 1.29 is 14.6 Å². The summed E-state index contributed by atoms with van der Waals surface area (Å²) in [6.07, 6.45) is 3.81. The van der Waals surface area contributed by atoms with Crippen molar-refractivity contribution in [3.05, 3.63) is 23.8 Å². The van der Waals surface area contributed by atoms with E-state index in [1.54, 1.807) is 0 Å². The van der Waals surface area contributed by atoms with E-state index in [-0.39, 0.29) is 0 Å². The highest BCUT2D eigenvalue weighted by Gasteiger charge is 2.32. The highest BCUT2D eigenvalue weighted by Crippen LogP contribution is 2.35. The first-order valence-electron chi connectivity index (χ1n) is 7.99. The second kappa shape index (κ2) is 7.66. The van der Waals surface area contributed by atoms with E-state index in [1.807, 2.05) is 25.1 Å². The molecule has 1 aromatic rings. The Balaban J connectivity index is 2.12. The molecule has 0 amide bonds. The van der Waals surface area contributed by atoms with Gasteiger partial charge in [-0.2, -0.15) is 0 Å². The van der Waals surface area contributed by atoms with Gasteiger partial charge in [-0.1, -0.05) is 31.9 Å². The van der Waals surface area contributed by atoms with Gasteiger partial charge in [-0.25, -0.2) is 0 Å². The number of hydrogen-bond donors (Lipinski definition) is 2. The van der Waals surface area contributed by atoms with Gasteiger partial charge >= 0.3 is 0 Å². The van der Waals surface area contributed by atoms with Gasteiger partial charge in [0.25, 0.3) is 0 Å². The molecular formula is C17H27NO3. The van der Waals surface area contributed by atoms with E-state index in [0.717, 1.165) is 55.8 Å². The standard InChI is InChI=1S/C17H27NO3/c1-3-18-12-14-8-7-9-15(20-4-2)16(14)21-13-17(19)10-5-6-11-17/h7-9,18-19H,3-6,10-13H2,1-2H3. The minimum atomic E-state index is -0.672. The fraction of sp³-hybridized carbons (Fsp3) is 0.647. The SMILES string of the molecule is CCNCc1cccc(OCC)c1OCC1(O)CCCC1. The molecule has 0 heterocycles. The summed E-state index contributed by atoms with van der Waals surface area (Å²) in [7, 11) is 0. The van der Waals surface area contributed by atoms with Crippen molar-refractivity contribution in [1.82, 2.24) is 5.32 Å². The highest BCUT2D eigenvalue weighted by atomic mass is 16.5. The molecule has 0 saturated heterocycles. The van der Waals surface area contributed by atoms with Crippen LogP contribution in [0.25, 0.3) is 0 Å². The maximum Gasteiger partial charge on any atom is 0.165 e. The zero-order valence-electron chi connectivity index (χ0n) is 13.2. The van der Waals surface area contributed by atoms with Gasteiger partial charge in [0, 0.05) is 12.1 Å². The molecule has 0 radical (unpaired) electrons. The third-order valence-electron chi connectivity index (χ3n) is 3.95. The number of rotatable bonds is 8. The molecule has 1 aromatic carbocycles. The number of hydrogen-bond acceptors (Lipinski definition) is 4. The Morgan fingerprint density at radius 1 is 1.19 bits per heavy atom. The van der Waals surface area contributed by atoms with Gasteiger partial charge in [-0.3, -0.25) is 0 Å². The van der Waals surface area contributed by atoms with Gasteiger partial charge in [0.2, 0.25) is 0 Å². The van der Waals surface area contributed by atoms with Crippen LogP contribution in [0, 0.1) is 0 Å². The Labute approximate surface area is 127 Å². The van der Waals surface area contributed by atoms with Gasteiger partial charge in [-0.05, 0) is 32.4 Å². The maximum absolute atomic E-state index is 10.5. The van der Waals surface area contributed by atoms with Crippen LogP contribution in [0.2, 0.25) is 0 Å². The molecule has 0 spiro atoms. The smallest absolute Gasteiger partial charge is 0.165 e. The van der Waals surface area contributed by atoms with Crippen molar-refractivity contribution in [2.24, 2.45) is 0 Å². The van der Waals surface area contributed by atoms with E-state index in [1.165, 1.54) is 0 Å². The number of benzene rings is 1. The van der Waals surface area contributed by atoms with Crippen LogP contribution in [0.4, 0.5) is 0 Å². The van der Waals surface area contributed by atoms with Crippen LogP contribution in [-0.4, -0.2) is 30.5 Å². The van der Waals surface area contributed by atoms with Crippen LogP contribution < -0.4 is 14.8 Å². The van der Waals surface area contributed by atoms with Crippen LogP contribution in [-0.2, 0) is 6.54 Å². The van der Waals surface area contributed by atoms with Gasteiger partial charge in [-0.15, -0.1) is 0 Å². The van der Waals surface area contributed by atoms with Crippen molar-refractivity contribution in [1.29, 1.82) is 0 Å². The quantitative estimate of drug-likeness (QED) is 0.774. The summed E-state index contributed by atoms with van der Waals surface area (Å²) in [5, 5.41) is 13.8. The van der Waals surface area contributed by atoms with E-state index >= 15 is 0 Å². The molecule has 0 aromatic heterocycles. The first-order valence-corrected chi connectivity index (χ1v) is 7.99. The average Bonchev–Trinajstić information content (AvgIpc) is 2.91. The molecule has 118 valence electrons. The molecule has 4 nitrogen and oxygen atoms in total. The van der Waals surface area contributed by atoms with Crippen molar-refractivity contribution in [3.8, 4) is 11.5 Å². The Morgan fingerprint density at radius 3 is 2.62 bits per heavy atom. The lowest BCUT2D eigenvalue weighted by Gasteiger charge is -2.24. The monoisotopic (exact) mass is 293 g/mol. The van der Waals surface area contributed by atoms with Crippen molar-refractivity contribution in [2.75, 3.05) is 19.8 Å². The first-order chi connectivity index (χ1) is 10.2. The molecule has 1 fully saturated rings. The summed E-state index contributed by atoms with van der Waals surface area (Å²) >= 11 is 0. The van der Waals surface area contributed by atoms with E-state index in [9.17, 15) is 5.11 Å². The summed E-state index contributed by atoms with van der Waals surface area (Å²) in [5.74, 6) is 1.52. The Bertz CT molecular complexity index is 442. The predicted octanol–water partition coefficient (Wildman–Crippen LogP) is 2.88. The summed E-state index contributed by atoms with van der Waals surface area (Å²) in [5.41, 5.74) is 0.402. The third-order valence-corrected chi connectivity index (χ3v) is 3.95. The number of nitrogens with one attached hydrogen (secondary N) is 1. The van der Waals surface area contributed by atoms with Gasteiger partial charge in [0.15, 0.2) is 11.5 Å². The number of ether oxygens (including phenoxy) is 2. The normalized spacial score (nSPS) is 16.9. The molecule has 2 N–H and O–H groups in total. The summed E-state index contributed by atoms with van der Waals surface area (Å²) < 4.78 is 11.7. The molecule has 4 heteroatoms. The molecule has 2 rings (SSSR count). The van der Waals surface area contributed by atoms with E-state index in [2.05, 4.69) is 12.2 Å². The van der Waals surface area contributed by atoms with Crippen LogP contribution in [0.1, 0.15) is 45.1 Å². The zero-order chi connectivity index (χ0) is 15.1. The number of para-hydroxylation sites is 1. The lowest BCUT2D eigenvalue weighted by molar-refractivity contribution is 0.000298. The summed E-state index contributed by atoms with van der Waals surface area (Å²) in [6.45, 7) is 6.63. The zero-order valence-corrected chi connectivity index (χ0v) is 13.2. The predicted molar refractivity (Wildman–Crippen MR) is 83.9 cm³/mol. The lowest BCUT2D eigenvalue weighted by atomic mass is 10.0. The third kappa shape index (κ3) is 4.35. The largest absolute Gasteiger partial charge is 0.490 e. The van der Waals surface area contributed by atoms with Crippen LogP contribution in [0.3, 0.4) is 0 Å². The molecule has 0 unspecified atom stereocenters. The molecule has 1 aliphatic rings. The van der Waals surface area contributed by atoms with E-state index in [4.69, 9.17) is 9.47 Å². The van der Waals surface area contributed by atoms with Crippen LogP contribution >= 0.6 is 0 Å². The second-order valence-electron chi connectivity index (χ2n) is 5.68. The minimum Gasteiger partial charge on any atom is -0.490 e. The fourth-order valence-electron chi connectivity index (χ4n) is 2.78. The Morgan fingerprint density at radius 2 is 1.95 bits per heavy atom. The molecule has 21 heavy (non-hydrogen) atoms. The highest BCUT2D eigenvalue weighted by molar-refractivity contribution is 5.46. The van der Waals surface area contributed by atoms with Crippen molar-refractivity contribution in [2.45, 2.75) is 51.7 Å². The number of aliphatic hydroxyl groups is 1. The molecule has 0 bridgehead atoms. The minimum absolute atomic E-state index is 0.343. The van der Waals surface area contributed by atoms with Crippen molar-refractivity contribution in [3.63, 3.8) is 0 Å². The summed E-state index contributed by atoms with van der Waals surface area (Å²) in [4.78, 5) is 0. The maximum atomic E-state index is 10.5. The molecule has 0 atom stereocenters. The van der Waals surface area contributed by atoms with Crippen LogP contribution in [0.15, 0.2) is 18.2 Å². The van der Waals surface area contributed by atoms with Gasteiger partial charge in [0.1, 0.15) is 6.61 Å². The molecule has 0 aliphatic heterocycles. The lowest BCUT2D eigenvalue weighted by Crippen LogP contribution is -2.32. The fourth-order valence-corrected chi connectivity index (χ4v) is 2.78. The van der Waals surface area contributed by atoms with Gasteiger partial charge in [0.05, 0.1) is 12.2 Å².